The zero-order valence-electron chi connectivity index (χ0n) is 65.0. The third-order valence-corrected chi connectivity index (χ3v) is 23.8. The van der Waals surface area contributed by atoms with Crippen molar-refractivity contribution in [2.24, 2.45) is 11.8 Å². The van der Waals surface area contributed by atoms with Crippen molar-refractivity contribution < 1.29 is 84.2 Å². The van der Waals surface area contributed by atoms with Crippen LogP contribution in [0.25, 0.3) is 0 Å². The number of hydrogen-bond acceptors (Lipinski definition) is 13. The molecule has 3 saturated heterocycles. The van der Waals surface area contributed by atoms with E-state index in [-0.39, 0.29) is 70.2 Å². The molecule has 6 fully saturated rings. The molecule has 2 bridgehead atoms. The lowest BCUT2D eigenvalue weighted by Gasteiger charge is -2.51. The van der Waals surface area contributed by atoms with Crippen molar-refractivity contribution in [3.05, 3.63) is 82.4 Å². The first-order valence-corrected chi connectivity index (χ1v) is 38.9. The fourth-order valence-corrected chi connectivity index (χ4v) is 16.6. The molecule has 0 aromatic heterocycles. The Morgan fingerprint density at radius 3 is 1.89 bits per heavy atom. The normalized spacial score (nSPS) is 27.3. The molecule has 7 aliphatic rings. The van der Waals surface area contributed by atoms with Crippen molar-refractivity contribution in [3.8, 4) is 0 Å². The van der Waals surface area contributed by atoms with Crippen LogP contribution in [0.5, 0.6) is 0 Å². The Labute approximate surface area is 636 Å². The second-order valence-corrected chi connectivity index (χ2v) is 31.1. The fourth-order valence-electron chi connectivity index (χ4n) is 16.6. The van der Waals surface area contributed by atoms with Crippen molar-refractivity contribution in [1.82, 2.24) is 59.6 Å². The van der Waals surface area contributed by atoms with E-state index in [9.17, 15) is 22.8 Å². The molecule has 10 atom stereocenters. The summed E-state index contributed by atoms with van der Waals surface area (Å²) in [6.07, 6.45) is 2.10. The summed E-state index contributed by atoms with van der Waals surface area (Å²) in [6.45, 7) is 8.20. The number of aryl methyl sites for hydroxylation is 2. The second kappa shape index (κ2) is 36.5. The summed E-state index contributed by atoms with van der Waals surface area (Å²) in [5.74, 6) is -13.2. The van der Waals surface area contributed by atoms with E-state index in [1.807, 2.05) is 39.0 Å². The fraction of sp³-hybridized carbons (Fsp3) is 0.671. The van der Waals surface area contributed by atoms with Crippen LogP contribution < -0.4 is 10.6 Å². The van der Waals surface area contributed by atoms with Crippen molar-refractivity contribution >= 4 is 70.9 Å². The minimum Gasteiger partial charge on any atom is -0.377 e. The first kappa shape index (κ1) is 84.4. The predicted octanol–water partition coefficient (Wildman–Crippen LogP) is 6.19. The number of likely N-dealkylation sites (tertiary alicyclic amines) is 1. The van der Waals surface area contributed by atoms with Gasteiger partial charge in [0.05, 0.1) is 19.1 Å². The summed E-state index contributed by atoms with van der Waals surface area (Å²) in [4.78, 5) is 197. The molecule has 4 heterocycles. The van der Waals surface area contributed by atoms with Crippen LogP contribution in [-0.2, 0) is 81.3 Å². The highest BCUT2D eigenvalue weighted by Gasteiger charge is 2.57. The van der Waals surface area contributed by atoms with Crippen LogP contribution in [0.15, 0.2) is 48.6 Å². The van der Waals surface area contributed by atoms with Gasteiger partial charge >= 0.3 is 6.18 Å². The summed E-state index contributed by atoms with van der Waals surface area (Å²) in [5, 5.41) is 5.64. The van der Waals surface area contributed by atoms with Crippen LogP contribution in [0.2, 0.25) is 0 Å². The number of benzene rings is 2. The monoisotopic (exact) mass is 1530 g/mol. The largest absolute Gasteiger partial charge is 0.422 e. The number of amides is 12. The SMILES string of the molecule is CCC[C@H]1C(=O)N[C@@H]([C@@H](C)CC)C(=O)N(C2CC2)CC(=O)N(C)[C@@H]2C/C=C\CCN(C2=O)[C@@H](Cc2ccc(C)cc2)C(=O)N(C)CC(=O)N[C@@H](CCc2cc(F)c(C(F)(F)F)c(F)c2)C(=O)N2C[C@H](OCC)C[C@H]2C(=O)N(C)C2(CCC2)C(=O)N(C)[C@@H](C2CCCC2)C(=O)N(C)[C@H](C(=O)N2CCCC2)CC(=O)N1C. The number of nitrogens with zero attached hydrogens (tertiary/aromatic N) is 10. The van der Waals surface area contributed by atoms with Crippen LogP contribution >= 0.6 is 0 Å². The van der Waals surface area contributed by atoms with Crippen LogP contribution in [0.1, 0.15) is 172 Å². The zero-order valence-corrected chi connectivity index (χ0v) is 65.0. The maximum absolute atomic E-state index is 15.8. The number of likely N-dealkylation sites (N-methyl/N-ethyl adjacent to an activating group) is 6. The Morgan fingerprint density at radius 1 is 0.651 bits per heavy atom. The average Bonchev–Trinajstić information content (AvgIpc) is 1.57. The maximum Gasteiger partial charge on any atom is 0.422 e. The van der Waals surface area contributed by atoms with Crippen molar-refractivity contribution in [3.63, 3.8) is 0 Å². The van der Waals surface area contributed by atoms with Gasteiger partial charge in [-0.15, -0.1) is 0 Å². The number of hydrogen-bond donors (Lipinski definition) is 2. The summed E-state index contributed by atoms with van der Waals surface area (Å²) < 4.78 is 78.4. The van der Waals surface area contributed by atoms with Crippen LogP contribution in [0.4, 0.5) is 22.0 Å². The minimum absolute atomic E-state index is 0.0153. The van der Waals surface area contributed by atoms with E-state index in [2.05, 4.69) is 10.6 Å². The van der Waals surface area contributed by atoms with E-state index in [0.717, 1.165) is 15.4 Å². The molecule has 3 aliphatic carbocycles. The number of rotatable bonds is 14. The molecule has 2 aromatic carbocycles. The van der Waals surface area contributed by atoms with Crippen LogP contribution in [0.3, 0.4) is 0 Å². The van der Waals surface area contributed by atoms with Gasteiger partial charge in [0.2, 0.25) is 70.9 Å². The van der Waals surface area contributed by atoms with Crippen molar-refractivity contribution in [2.45, 2.75) is 242 Å². The highest BCUT2D eigenvalue weighted by atomic mass is 19.4. The molecule has 2 N–H and O–H groups in total. The van der Waals surface area contributed by atoms with Crippen molar-refractivity contribution in [2.75, 3.05) is 88.2 Å². The van der Waals surface area contributed by atoms with E-state index in [0.29, 0.717) is 101 Å². The first-order chi connectivity index (χ1) is 51.7. The molecule has 3 saturated carbocycles. The Hall–Kier alpha value is -8.57. The maximum atomic E-state index is 15.8. The number of carbonyl (C=O) groups is 12. The molecular formula is C79H111F5N12O13. The zero-order chi connectivity index (χ0) is 79.7. The van der Waals surface area contributed by atoms with E-state index in [1.54, 1.807) is 37.0 Å². The number of nitrogens with one attached hydrogen (secondary N) is 2. The summed E-state index contributed by atoms with van der Waals surface area (Å²) in [6, 6.07) is -3.09. The number of carbonyl (C=O) groups excluding carboxylic acids is 12. The highest BCUT2D eigenvalue weighted by molar-refractivity contribution is 6.01. The first-order valence-electron chi connectivity index (χ1n) is 38.9. The molecule has 0 unspecified atom stereocenters. The Kier molecular flexibility index (Phi) is 28.3. The van der Waals surface area contributed by atoms with Gasteiger partial charge in [0.25, 0.3) is 0 Å². The Morgan fingerprint density at radius 2 is 1.30 bits per heavy atom. The third kappa shape index (κ3) is 19.2. The van der Waals surface area contributed by atoms with Gasteiger partial charge in [-0.2, -0.15) is 13.2 Å². The quantitative estimate of drug-likeness (QED) is 0.158. The number of ether oxygens (including phenoxy) is 1. The van der Waals surface area contributed by atoms with E-state index in [4.69, 9.17) is 4.74 Å². The Balaban J connectivity index is 1.13. The van der Waals surface area contributed by atoms with Gasteiger partial charge in [-0.3, -0.25) is 57.5 Å². The smallest absolute Gasteiger partial charge is 0.377 e. The van der Waals surface area contributed by atoms with Crippen LogP contribution in [-0.4, -0.2) is 274 Å². The molecule has 0 radical (unpaired) electrons. The molecule has 600 valence electrons. The number of alkyl halides is 3. The number of fused-ring (bicyclic) bond motifs is 3. The highest BCUT2D eigenvalue weighted by Crippen LogP contribution is 2.43. The summed E-state index contributed by atoms with van der Waals surface area (Å²) in [5.41, 5.74) is -2.58. The summed E-state index contributed by atoms with van der Waals surface area (Å²) >= 11 is 0. The molecule has 25 nitrogen and oxygen atoms in total. The second-order valence-electron chi connectivity index (χ2n) is 31.1. The van der Waals surface area contributed by atoms with Crippen LogP contribution in [0, 0.1) is 30.4 Å². The predicted molar refractivity (Wildman–Crippen MR) is 393 cm³/mol. The van der Waals surface area contributed by atoms with Gasteiger partial charge in [-0.25, -0.2) is 8.78 Å². The lowest BCUT2D eigenvalue weighted by Crippen LogP contribution is -2.68. The van der Waals surface area contributed by atoms with Gasteiger partial charge in [-0.1, -0.05) is 88.4 Å². The molecule has 1 spiro atoms. The van der Waals surface area contributed by atoms with Gasteiger partial charge in [0.15, 0.2) is 0 Å². The molecule has 109 heavy (non-hydrogen) atoms. The average molecular weight is 1530 g/mol. The van der Waals surface area contributed by atoms with Gasteiger partial charge in [0, 0.05) is 94.0 Å². The molecule has 2 aromatic rings. The van der Waals surface area contributed by atoms with Gasteiger partial charge < -0.3 is 64.4 Å². The van der Waals surface area contributed by atoms with E-state index < -0.39 is 204 Å². The topological polar surface area (TPSA) is 271 Å². The number of halogens is 5. The summed E-state index contributed by atoms with van der Waals surface area (Å²) in [7, 11) is 8.48. The minimum atomic E-state index is -5.41. The van der Waals surface area contributed by atoms with Crippen molar-refractivity contribution in [1.29, 1.82) is 0 Å². The van der Waals surface area contributed by atoms with E-state index >= 15 is 56.7 Å². The standard InChI is InChI=1S/C79H111F5N12O13/c1-12-23-58-69(100)86-67(49(5)13-2)75(106)95(53-32-33-53)47-65(99)89(8)59-26-16-15-19-39-94(74(59)105)61(42-50-29-27-48(4)28-30-50)71(102)87(6)46-63(97)85-57(34-31-51-40-55(80)66(56(81)41-51)79(82,83)84)70(101)96-45-54(109-14-3)43-62(96)72(103)92(11)78(35-22-36-78)77(108)91(10)68(52-24-17-18-25-52)76(107)90(9)60(44-64(98)88(58)7)73(104)93-37-20-21-38-93/h15-16,27-30,40-41,49,52-54,57-62,67-68H,12-14,17-26,31-39,42-47H2,1-11H3,(H,85,97)(H,86,100)/b16-15-/t49-,54+,57-,58-,59+,60-,61-,62-,67-,68-/m0/s1. The molecule has 4 aliphatic heterocycles. The molecule has 9 rings (SSSR count). The molecule has 12 amide bonds. The molecule has 30 heteroatoms. The lowest BCUT2D eigenvalue weighted by atomic mass is 9.73. The van der Waals surface area contributed by atoms with E-state index in [1.165, 1.54) is 76.6 Å². The molecular weight excluding hydrogens is 1420 g/mol. The van der Waals surface area contributed by atoms with Gasteiger partial charge in [0.1, 0.15) is 77.6 Å². The third-order valence-electron chi connectivity index (χ3n) is 23.8. The lowest BCUT2D eigenvalue weighted by molar-refractivity contribution is -0.166. The Bertz CT molecular complexity index is 3690. The van der Waals surface area contributed by atoms with Gasteiger partial charge in [-0.05, 0) is 139 Å².